The molecule has 0 spiro atoms. The zero-order valence-electron chi connectivity index (χ0n) is 16.6. The molecule has 3 rings (SSSR count). The van der Waals surface area contributed by atoms with Gasteiger partial charge in [0.2, 0.25) is 0 Å². The number of hydrogen-bond donors (Lipinski definition) is 0. The third-order valence-corrected chi connectivity index (χ3v) is 5.40. The first-order valence-electron chi connectivity index (χ1n) is 9.10. The van der Waals surface area contributed by atoms with Crippen LogP contribution in [0.5, 0.6) is 11.5 Å². The van der Waals surface area contributed by atoms with Crippen LogP contribution in [0.4, 0.5) is 0 Å². The van der Waals surface area contributed by atoms with Crippen molar-refractivity contribution in [2.45, 2.75) is 11.5 Å². The Balaban J connectivity index is 1.66. The van der Waals surface area contributed by atoms with E-state index in [2.05, 4.69) is 4.98 Å². The summed E-state index contributed by atoms with van der Waals surface area (Å²) in [5, 5.41) is 0. The predicted molar refractivity (Wildman–Crippen MR) is 114 cm³/mol. The summed E-state index contributed by atoms with van der Waals surface area (Å²) >= 11 is 0. The van der Waals surface area contributed by atoms with E-state index in [-0.39, 0.29) is 16.4 Å². The highest BCUT2D eigenvalue weighted by atomic mass is 32.2. The van der Waals surface area contributed by atoms with Crippen LogP contribution in [0.1, 0.15) is 21.6 Å². The minimum atomic E-state index is -3.44. The molecule has 0 fully saturated rings. The van der Waals surface area contributed by atoms with Crippen molar-refractivity contribution < 1.29 is 22.7 Å². The zero-order valence-corrected chi connectivity index (χ0v) is 17.4. The summed E-state index contributed by atoms with van der Waals surface area (Å²) in [6.07, 6.45) is 5.92. The summed E-state index contributed by atoms with van der Waals surface area (Å²) in [5.74, 6) is 0.584. The van der Waals surface area contributed by atoms with Crippen molar-refractivity contribution in [2.75, 3.05) is 13.4 Å². The van der Waals surface area contributed by atoms with Crippen LogP contribution in [0.2, 0.25) is 0 Å². The Morgan fingerprint density at radius 3 is 2.47 bits per heavy atom. The number of ether oxygens (including phenoxy) is 2. The van der Waals surface area contributed by atoms with Crippen molar-refractivity contribution in [2.24, 2.45) is 0 Å². The van der Waals surface area contributed by atoms with Gasteiger partial charge >= 0.3 is 0 Å². The Labute approximate surface area is 175 Å². The lowest BCUT2D eigenvalue weighted by molar-refractivity contribution is 0.104. The maximum absolute atomic E-state index is 12.4. The van der Waals surface area contributed by atoms with Crippen LogP contribution in [0, 0.1) is 0 Å². The zero-order chi connectivity index (χ0) is 21.6. The van der Waals surface area contributed by atoms with Gasteiger partial charge in [0.15, 0.2) is 15.6 Å². The van der Waals surface area contributed by atoms with Gasteiger partial charge in [0.25, 0.3) is 0 Å². The Morgan fingerprint density at radius 2 is 1.83 bits per heavy atom. The van der Waals surface area contributed by atoms with Gasteiger partial charge in [-0.25, -0.2) is 8.42 Å². The molecule has 0 N–H and O–H groups in total. The van der Waals surface area contributed by atoms with Crippen LogP contribution in [0.3, 0.4) is 0 Å². The molecule has 1 aromatic heterocycles. The molecule has 0 aliphatic heterocycles. The Morgan fingerprint density at radius 1 is 1.07 bits per heavy atom. The van der Waals surface area contributed by atoms with Gasteiger partial charge in [-0.1, -0.05) is 24.3 Å². The van der Waals surface area contributed by atoms with Crippen molar-refractivity contribution >= 4 is 21.7 Å². The Kier molecular flexibility index (Phi) is 6.64. The molecule has 1 heterocycles. The fourth-order valence-electron chi connectivity index (χ4n) is 2.71. The van der Waals surface area contributed by atoms with Crippen LogP contribution in [-0.2, 0) is 16.4 Å². The molecular weight excluding hydrogens is 402 g/mol. The second kappa shape index (κ2) is 9.37. The summed E-state index contributed by atoms with van der Waals surface area (Å²) in [7, 11) is -2.07. The molecule has 7 heteroatoms. The lowest BCUT2D eigenvalue weighted by Gasteiger charge is -2.08. The average molecular weight is 423 g/mol. The second-order valence-corrected chi connectivity index (χ2v) is 8.50. The number of rotatable bonds is 8. The first kappa shape index (κ1) is 21.3. The number of hydrogen-bond acceptors (Lipinski definition) is 6. The van der Waals surface area contributed by atoms with Gasteiger partial charge in [-0.05, 0) is 54.1 Å². The lowest BCUT2D eigenvalue weighted by Crippen LogP contribution is -2.03. The average Bonchev–Trinajstić information content (AvgIpc) is 2.76. The number of ketones is 1. The molecule has 30 heavy (non-hydrogen) atoms. The first-order chi connectivity index (χ1) is 14.4. The van der Waals surface area contributed by atoms with Crippen LogP contribution < -0.4 is 9.47 Å². The number of carbonyl (C=O) groups is 1. The lowest BCUT2D eigenvalue weighted by atomic mass is 10.1. The Bertz CT molecular complexity index is 1150. The molecule has 0 amide bonds. The standard InChI is InChI=1S/C23H21NO5S/c1-28-22-15-18(9-13-23(22)30(2,26)27)21(25)12-8-17-6-10-20(11-7-17)29-16-19-5-3-4-14-24-19/h3-15H,16H2,1-2H3/b12-8+. The van der Waals surface area contributed by atoms with Crippen LogP contribution in [0.15, 0.2) is 77.8 Å². The normalized spacial score (nSPS) is 11.4. The molecule has 2 aromatic carbocycles. The molecule has 0 radical (unpaired) electrons. The molecule has 3 aromatic rings. The van der Waals surface area contributed by atoms with E-state index in [0.717, 1.165) is 17.5 Å². The molecule has 0 unspecified atom stereocenters. The van der Waals surface area contributed by atoms with E-state index in [1.54, 1.807) is 12.3 Å². The Hall–Kier alpha value is -3.45. The second-order valence-electron chi connectivity index (χ2n) is 6.51. The van der Waals surface area contributed by atoms with Crippen molar-refractivity contribution in [3.8, 4) is 11.5 Å². The van der Waals surface area contributed by atoms with Crippen molar-refractivity contribution in [1.29, 1.82) is 0 Å². The van der Waals surface area contributed by atoms with Gasteiger partial charge in [0.05, 0.1) is 12.8 Å². The number of methoxy groups -OCH3 is 1. The summed E-state index contributed by atoms with van der Waals surface area (Å²) in [5.41, 5.74) is 2.00. The molecule has 0 saturated carbocycles. The number of carbonyl (C=O) groups excluding carboxylic acids is 1. The molecule has 154 valence electrons. The van der Waals surface area contributed by atoms with Gasteiger partial charge in [-0.2, -0.15) is 0 Å². The molecule has 0 aliphatic rings. The van der Waals surface area contributed by atoms with E-state index in [1.165, 1.54) is 31.4 Å². The molecular formula is C23H21NO5S. The number of nitrogens with zero attached hydrogens (tertiary/aromatic N) is 1. The van der Waals surface area contributed by atoms with Crippen molar-refractivity contribution in [3.63, 3.8) is 0 Å². The van der Waals surface area contributed by atoms with E-state index in [4.69, 9.17) is 9.47 Å². The quantitative estimate of drug-likeness (QED) is 0.403. The maximum Gasteiger partial charge on any atom is 0.185 e. The van der Waals surface area contributed by atoms with E-state index in [0.29, 0.717) is 17.9 Å². The van der Waals surface area contributed by atoms with Crippen LogP contribution >= 0.6 is 0 Å². The summed E-state index contributed by atoms with van der Waals surface area (Å²) in [4.78, 5) is 16.7. The number of aromatic nitrogens is 1. The molecule has 0 bridgehead atoms. The van der Waals surface area contributed by atoms with E-state index < -0.39 is 9.84 Å². The van der Waals surface area contributed by atoms with Crippen molar-refractivity contribution in [3.05, 3.63) is 89.8 Å². The van der Waals surface area contributed by atoms with Gasteiger partial charge in [-0.15, -0.1) is 0 Å². The predicted octanol–water partition coefficient (Wildman–Crippen LogP) is 3.97. The molecule has 0 atom stereocenters. The minimum Gasteiger partial charge on any atom is -0.495 e. The molecule has 0 saturated heterocycles. The summed E-state index contributed by atoms with van der Waals surface area (Å²) < 4.78 is 34.3. The van der Waals surface area contributed by atoms with Gasteiger partial charge in [0, 0.05) is 18.0 Å². The summed E-state index contributed by atoms with van der Waals surface area (Å²) in [6.45, 7) is 0.375. The fraction of sp³-hybridized carbons (Fsp3) is 0.130. The van der Waals surface area contributed by atoms with Gasteiger partial charge in [-0.3, -0.25) is 9.78 Å². The number of pyridine rings is 1. The van der Waals surface area contributed by atoms with Crippen molar-refractivity contribution in [1.82, 2.24) is 4.98 Å². The minimum absolute atomic E-state index is 0.0480. The fourth-order valence-corrected chi connectivity index (χ4v) is 3.53. The highest BCUT2D eigenvalue weighted by molar-refractivity contribution is 7.90. The third-order valence-electron chi connectivity index (χ3n) is 4.27. The maximum atomic E-state index is 12.4. The number of allylic oxidation sites excluding steroid dienone is 1. The van der Waals surface area contributed by atoms with Crippen LogP contribution in [0.25, 0.3) is 6.08 Å². The van der Waals surface area contributed by atoms with Crippen LogP contribution in [-0.4, -0.2) is 32.6 Å². The van der Waals surface area contributed by atoms with E-state index in [1.807, 2.05) is 42.5 Å². The first-order valence-corrected chi connectivity index (χ1v) is 11.0. The topological polar surface area (TPSA) is 82.6 Å². The smallest absolute Gasteiger partial charge is 0.185 e. The van der Waals surface area contributed by atoms with E-state index >= 15 is 0 Å². The largest absolute Gasteiger partial charge is 0.495 e. The third kappa shape index (κ3) is 5.55. The monoisotopic (exact) mass is 423 g/mol. The van der Waals surface area contributed by atoms with Gasteiger partial charge < -0.3 is 9.47 Å². The highest BCUT2D eigenvalue weighted by Crippen LogP contribution is 2.25. The molecule has 0 aliphatic carbocycles. The number of benzene rings is 2. The van der Waals surface area contributed by atoms with Gasteiger partial charge in [0.1, 0.15) is 23.0 Å². The van der Waals surface area contributed by atoms with E-state index in [9.17, 15) is 13.2 Å². The summed E-state index contributed by atoms with van der Waals surface area (Å²) in [6, 6.07) is 17.2. The SMILES string of the molecule is COc1cc(C(=O)/C=C/c2ccc(OCc3ccccn3)cc2)ccc1S(C)(=O)=O. The number of sulfone groups is 1. The molecule has 6 nitrogen and oxygen atoms in total. The highest BCUT2D eigenvalue weighted by Gasteiger charge is 2.16.